The quantitative estimate of drug-likeness (QED) is 0.808. The average Bonchev–Trinajstić information content (AvgIpc) is 2.74. The molecule has 0 spiro atoms. The lowest BCUT2D eigenvalue weighted by Crippen LogP contribution is -2.13. The normalized spacial score (nSPS) is 10.7. The van der Waals surface area contributed by atoms with Crippen LogP contribution >= 0.6 is 11.6 Å². The lowest BCUT2D eigenvalue weighted by molar-refractivity contribution is 0.0981. The molecule has 0 bridgehead atoms. The Morgan fingerprint density at radius 1 is 1.42 bits per heavy atom. The second-order valence-corrected chi connectivity index (χ2v) is 4.40. The van der Waals surface area contributed by atoms with Gasteiger partial charge in [-0.25, -0.2) is 8.78 Å². The van der Waals surface area contributed by atoms with Gasteiger partial charge in [-0.3, -0.25) is 9.48 Å². The number of hydrogen-bond donors (Lipinski definition) is 0. The molecule has 2 rings (SSSR count). The first-order chi connectivity index (χ1) is 9.02. The third-order valence-electron chi connectivity index (χ3n) is 2.72. The Hall–Kier alpha value is -1.75. The molecular formula is C13H11ClF2N2O. The lowest BCUT2D eigenvalue weighted by atomic mass is 10.1. The minimum atomic E-state index is -0.743. The molecule has 3 nitrogen and oxygen atoms in total. The van der Waals surface area contributed by atoms with Gasteiger partial charge < -0.3 is 0 Å². The molecule has 6 heteroatoms. The van der Waals surface area contributed by atoms with Crippen molar-refractivity contribution in [1.29, 1.82) is 0 Å². The minimum Gasteiger partial charge on any atom is -0.292 e. The van der Waals surface area contributed by atoms with Crippen LogP contribution in [0, 0.1) is 11.6 Å². The van der Waals surface area contributed by atoms with Gasteiger partial charge in [-0.1, -0.05) is 17.7 Å². The summed E-state index contributed by atoms with van der Waals surface area (Å²) in [5.41, 5.74) is 0.374. The highest BCUT2D eigenvalue weighted by molar-refractivity contribution is 6.33. The van der Waals surface area contributed by atoms with E-state index in [4.69, 9.17) is 11.6 Å². The number of carbonyl (C=O) groups is 1. The summed E-state index contributed by atoms with van der Waals surface area (Å²) in [5.74, 6) is -1.77. The van der Waals surface area contributed by atoms with Crippen LogP contribution in [0.3, 0.4) is 0 Å². The highest BCUT2D eigenvalue weighted by Gasteiger charge is 2.18. The smallest absolute Gasteiger partial charge is 0.186 e. The van der Waals surface area contributed by atoms with Crippen LogP contribution in [0.4, 0.5) is 8.78 Å². The summed E-state index contributed by atoms with van der Waals surface area (Å²) in [6, 6.07) is 3.12. The molecule has 0 N–H and O–H groups in total. The highest BCUT2D eigenvalue weighted by atomic mass is 35.5. The summed E-state index contributed by atoms with van der Waals surface area (Å²) in [5, 5.41) is 4.17. The van der Waals surface area contributed by atoms with Crippen molar-refractivity contribution in [2.24, 2.45) is 0 Å². The number of ketones is 1. The van der Waals surface area contributed by atoms with E-state index in [-0.39, 0.29) is 28.5 Å². The van der Waals surface area contributed by atoms with Crippen molar-refractivity contribution in [3.8, 4) is 0 Å². The van der Waals surface area contributed by atoms with Gasteiger partial charge in [0.15, 0.2) is 5.78 Å². The summed E-state index contributed by atoms with van der Waals surface area (Å²) >= 11 is 5.89. The Morgan fingerprint density at radius 2 is 2.16 bits per heavy atom. The molecule has 0 aliphatic carbocycles. The summed E-state index contributed by atoms with van der Waals surface area (Å²) < 4.78 is 27.7. The zero-order valence-electron chi connectivity index (χ0n) is 10.2. The number of nitrogens with zero attached hydrogens (tertiary/aromatic N) is 2. The first-order valence-electron chi connectivity index (χ1n) is 5.71. The second-order valence-electron chi connectivity index (χ2n) is 3.99. The number of halogens is 3. The number of rotatable bonds is 4. The van der Waals surface area contributed by atoms with Crippen LogP contribution in [0.1, 0.15) is 23.0 Å². The van der Waals surface area contributed by atoms with Gasteiger partial charge in [-0.05, 0) is 18.6 Å². The van der Waals surface area contributed by atoms with E-state index in [0.29, 0.717) is 6.54 Å². The zero-order chi connectivity index (χ0) is 14.0. The van der Waals surface area contributed by atoms with E-state index in [1.807, 2.05) is 6.92 Å². The molecule has 1 aromatic carbocycles. The first-order valence-corrected chi connectivity index (χ1v) is 6.09. The molecule has 0 atom stereocenters. The summed E-state index contributed by atoms with van der Waals surface area (Å²) in [6.45, 7) is 2.30. The first kappa shape index (κ1) is 13.7. The van der Waals surface area contributed by atoms with Crippen molar-refractivity contribution in [1.82, 2.24) is 9.78 Å². The molecule has 0 radical (unpaired) electrons. The molecule has 0 aliphatic rings. The van der Waals surface area contributed by atoms with Crippen LogP contribution in [0.5, 0.6) is 0 Å². The summed E-state index contributed by atoms with van der Waals surface area (Å²) in [4.78, 5) is 12.1. The van der Waals surface area contributed by atoms with Crippen molar-refractivity contribution in [3.05, 3.63) is 52.3 Å². The maximum absolute atomic E-state index is 13.5. The van der Waals surface area contributed by atoms with Gasteiger partial charge in [0.05, 0.1) is 11.2 Å². The fourth-order valence-corrected chi connectivity index (χ4v) is 2.05. The molecule has 100 valence electrons. The number of aromatic nitrogens is 2. The Labute approximate surface area is 113 Å². The molecule has 1 aromatic heterocycles. The van der Waals surface area contributed by atoms with Crippen LogP contribution in [0.15, 0.2) is 24.4 Å². The van der Waals surface area contributed by atoms with Crippen LogP contribution in [-0.2, 0) is 13.0 Å². The molecule has 0 saturated heterocycles. The Kier molecular flexibility index (Phi) is 3.95. The standard InChI is InChI=1S/C13H11ClF2N2O/c1-2-18-13(10(14)7-17-18)12(19)5-8-3-4-9(15)6-11(8)16/h3-4,6-7H,2,5H2,1H3. The van der Waals surface area contributed by atoms with Crippen molar-refractivity contribution in [3.63, 3.8) is 0 Å². The second kappa shape index (κ2) is 5.48. The Bertz CT molecular complexity index is 625. The summed E-state index contributed by atoms with van der Waals surface area (Å²) in [6.07, 6.45) is 1.19. The molecule has 19 heavy (non-hydrogen) atoms. The third-order valence-corrected chi connectivity index (χ3v) is 3.00. The van der Waals surface area contributed by atoms with Gasteiger partial charge in [0.25, 0.3) is 0 Å². The SMILES string of the molecule is CCn1ncc(Cl)c1C(=O)Cc1ccc(F)cc1F. The molecule has 0 amide bonds. The minimum absolute atomic E-state index is 0.131. The van der Waals surface area contributed by atoms with Crippen molar-refractivity contribution >= 4 is 17.4 Å². The van der Waals surface area contributed by atoms with E-state index in [9.17, 15) is 13.6 Å². The van der Waals surface area contributed by atoms with E-state index >= 15 is 0 Å². The number of carbonyl (C=O) groups excluding carboxylic acids is 1. The summed E-state index contributed by atoms with van der Waals surface area (Å²) in [7, 11) is 0. The van der Waals surface area contributed by atoms with Gasteiger partial charge in [-0.15, -0.1) is 0 Å². The average molecular weight is 285 g/mol. The lowest BCUT2D eigenvalue weighted by Gasteiger charge is -2.06. The molecule has 2 aromatic rings. The van der Waals surface area contributed by atoms with E-state index in [1.165, 1.54) is 16.9 Å². The van der Waals surface area contributed by atoms with Crippen LogP contribution in [0.2, 0.25) is 5.02 Å². The molecule has 0 aliphatic heterocycles. The molecular weight excluding hydrogens is 274 g/mol. The number of aryl methyl sites for hydroxylation is 1. The van der Waals surface area contributed by atoms with Crippen molar-refractivity contribution in [2.45, 2.75) is 19.9 Å². The zero-order valence-corrected chi connectivity index (χ0v) is 10.9. The van der Waals surface area contributed by atoms with Crippen LogP contribution in [0.25, 0.3) is 0 Å². The molecule has 0 saturated carbocycles. The number of benzene rings is 1. The molecule has 1 heterocycles. The topological polar surface area (TPSA) is 34.9 Å². The van der Waals surface area contributed by atoms with Crippen molar-refractivity contribution in [2.75, 3.05) is 0 Å². The largest absolute Gasteiger partial charge is 0.292 e. The van der Waals surface area contributed by atoms with E-state index < -0.39 is 11.6 Å². The maximum atomic E-state index is 13.5. The van der Waals surface area contributed by atoms with E-state index in [2.05, 4.69) is 5.10 Å². The fourth-order valence-electron chi connectivity index (χ4n) is 1.80. The predicted molar refractivity (Wildman–Crippen MR) is 67.3 cm³/mol. The van der Waals surface area contributed by atoms with Gasteiger partial charge in [0.1, 0.15) is 17.3 Å². The van der Waals surface area contributed by atoms with Crippen LogP contribution < -0.4 is 0 Å². The maximum Gasteiger partial charge on any atom is 0.186 e. The monoisotopic (exact) mass is 284 g/mol. The van der Waals surface area contributed by atoms with E-state index in [0.717, 1.165) is 12.1 Å². The van der Waals surface area contributed by atoms with E-state index in [1.54, 1.807) is 0 Å². The Balaban J connectivity index is 2.28. The van der Waals surface area contributed by atoms with Crippen molar-refractivity contribution < 1.29 is 13.6 Å². The molecule has 0 unspecified atom stereocenters. The fraction of sp³-hybridized carbons (Fsp3) is 0.231. The van der Waals surface area contributed by atoms with Gasteiger partial charge in [0.2, 0.25) is 0 Å². The third kappa shape index (κ3) is 2.81. The predicted octanol–water partition coefficient (Wildman–Crippen LogP) is 3.26. The van der Waals surface area contributed by atoms with Gasteiger partial charge in [-0.2, -0.15) is 5.10 Å². The highest BCUT2D eigenvalue weighted by Crippen LogP contribution is 2.19. The van der Waals surface area contributed by atoms with Gasteiger partial charge >= 0.3 is 0 Å². The molecule has 0 fully saturated rings. The number of hydrogen-bond acceptors (Lipinski definition) is 2. The van der Waals surface area contributed by atoms with Gasteiger partial charge in [0, 0.05) is 19.0 Å². The van der Waals surface area contributed by atoms with Crippen LogP contribution in [-0.4, -0.2) is 15.6 Å². The number of Topliss-reactive ketones (excluding diaryl/α,β-unsaturated/α-hetero) is 1. The Morgan fingerprint density at radius 3 is 2.79 bits per heavy atom.